The van der Waals surface area contributed by atoms with E-state index in [1.807, 2.05) is 0 Å². The molecule has 0 spiro atoms. The molecule has 4 heteroatoms. The Morgan fingerprint density at radius 1 is 1.23 bits per heavy atom. The molecule has 0 bridgehead atoms. The summed E-state index contributed by atoms with van der Waals surface area (Å²) in [6.45, 7) is 3.01. The molecule has 1 unspecified atom stereocenters. The number of aliphatic hydroxyl groups excluding tert-OH is 1. The van der Waals surface area contributed by atoms with Crippen molar-refractivity contribution in [3.8, 4) is 0 Å². The maximum atomic E-state index is 8.57. The minimum Gasteiger partial charge on any atom is -0.382 e. The van der Waals surface area contributed by atoms with Crippen LogP contribution in [-0.2, 0) is 9.47 Å². The number of methoxy groups -OCH3 is 1. The summed E-state index contributed by atoms with van der Waals surface area (Å²) in [7, 11) is 1.63. The summed E-state index contributed by atoms with van der Waals surface area (Å²) in [6.07, 6.45) is 1.04. The van der Waals surface area contributed by atoms with Gasteiger partial charge in [-0.2, -0.15) is 0 Å². The van der Waals surface area contributed by atoms with Crippen LogP contribution in [0.15, 0.2) is 0 Å². The van der Waals surface area contributed by atoms with Crippen molar-refractivity contribution in [2.75, 3.05) is 20.3 Å². The first-order valence-electron chi connectivity index (χ1n) is 4.67. The molecule has 1 atom stereocenters. The number of aliphatic hydroxyl groups is 2. The van der Waals surface area contributed by atoms with Gasteiger partial charge in [0, 0.05) is 13.5 Å². The number of hydrogen-bond acceptors (Lipinski definition) is 4. The molecule has 80 valence electrons. The highest BCUT2D eigenvalue weighted by Crippen LogP contribution is 2.03. The zero-order valence-corrected chi connectivity index (χ0v) is 8.40. The van der Waals surface area contributed by atoms with Crippen LogP contribution in [0.2, 0.25) is 0 Å². The maximum Gasteiger partial charge on any atom is 0.153 e. The van der Waals surface area contributed by atoms with Crippen LogP contribution in [-0.4, -0.2) is 42.9 Å². The van der Waals surface area contributed by atoms with Gasteiger partial charge in [0.25, 0.3) is 0 Å². The Balaban J connectivity index is 3.44. The Bertz CT molecular complexity index is 99.8. The molecule has 0 aliphatic heterocycles. The van der Waals surface area contributed by atoms with E-state index in [4.69, 9.17) is 19.7 Å². The minimum atomic E-state index is -1.27. The van der Waals surface area contributed by atoms with Gasteiger partial charge in [-0.05, 0) is 6.42 Å². The van der Waals surface area contributed by atoms with Crippen LogP contribution in [0.1, 0.15) is 26.2 Å². The van der Waals surface area contributed by atoms with Gasteiger partial charge < -0.3 is 19.7 Å². The van der Waals surface area contributed by atoms with E-state index in [1.54, 1.807) is 7.11 Å². The Morgan fingerprint density at radius 3 is 2.38 bits per heavy atom. The average molecular weight is 192 g/mol. The van der Waals surface area contributed by atoms with Gasteiger partial charge in [-0.25, -0.2) is 0 Å². The first kappa shape index (κ1) is 12.8. The van der Waals surface area contributed by atoms with Crippen LogP contribution in [0.5, 0.6) is 0 Å². The van der Waals surface area contributed by atoms with Gasteiger partial charge in [-0.1, -0.05) is 13.3 Å². The lowest BCUT2D eigenvalue weighted by atomic mass is 10.2. The molecule has 0 fully saturated rings. The zero-order chi connectivity index (χ0) is 10.1. The smallest absolute Gasteiger partial charge is 0.153 e. The van der Waals surface area contributed by atoms with Crippen molar-refractivity contribution < 1.29 is 19.7 Å². The van der Waals surface area contributed by atoms with Crippen LogP contribution < -0.4 is 0 Å². The molecule has 0 aliphatic rings. The van der Waals surface area contributed by atoms with E-state index < -0.39 is 6.29 Å². The maximum absolute atomic E-state index is 8.57. The number of ether oxygens (including phenoxy) is 2. The topological polar surface area (TPSA) is 58.9 Å². The van der Waals surface area contributed by atoms with E-state index in [9.17, 15) is 0 Å². The third-order valence-corrected chi connectivity index (χ3v) is 1.69. The third kappa shape index (κ3) is 8.18. The fourth-order valence-electron chi connectivity index (χ4n) is 1.06. The minimum absolute atomic E-state index is 0.0775. The Morgan fingerprint density at radius 2 is 1.92 bits per heavy atom. The van der Waals surface area contributed by atoms with E-state index in [0.717, 1.165) is 12.8 Å². The SMILES string of the molecule is CCCC(COC)OCCC(O)O. The van der Waals surface area contributed by atoms with Gasteiger partial charge in [0.05, 0.1) is 19.3 Å². The second kappa shape index (κ2) is 8.44. The highest BCUT2D eigenvalue weighted by Gasteiger charge is 2.07. The molecule has 0 heterocycles. The molecule has 0 aromatic rings. The summed E-state index contributed by atoms with van der Waals surface area (Å²) < 4.78 is 10.4. The molecule has 4 nitrogen and oxygen atoms in total. The molecule has 0 saturated heterocycles. The van der Waals surface area contributed by atoms with Crippen LogP contribution in [0.3, 0.4) is 0 Å². The van der Waals surface area contributed by atoms with E-state index >= 15 is 0 Å². The van der Waals surface area contributed by atoms with Crippen molar-refractivity contribution in [1.82, 2.24) is 0 Å². The molecule has 0 amide bonds. The summed E-state index contributed by atoms with van der Waals surface area (Å²) in [5, 5.41) is 17.1. The molecule has 0 radical (unpaired) electrons. The van der Waals surface area contributed by atoms with Crippen molar-refractivity contribution in [1.29, 1.82) is 0 Å². The summed E-state index contributed by atoms with van der Waals surface area (Å²) >= 11 is 0. The molecular weight excluding hydrogens is 172 g/mol. The highest BCUT2D eigenvalue weighted by molar-refractivity contribution is 4.55. The average Bonchev–Trinajstić information content (AvgIpc) is 2.04. The monoisotopic (exact) mass is 192 g/mol. The second-order valence-electron chi connectivity index (χ2n) is 3.01. The fourth-order valence-corrected chi connectivity index (χ4v) is 1.06. The number of rotatable bonds is 8. The van der Waals surface area contributed by atoms with Gasteiger partial charge in [-0.3, -0.25) is 0 Å². The van der Waals surface area contributed by atoms with E-state index in [-0.39, 0.29) is 12.5 Å². The van der Waals surface area contributed by atoms with Crippen LogP contribution >= 0.6 is 0 Å². The lowest BCUT2D eigenvalue weighted by molar-refractivity contribution is -0.0777. The zero-order valence-electron chi connectivity index (χ0n) is 8.40. The predicted octanol–water partition coefficient (Wildman–Crippen LogP) is 0.519. The first-order chi connectivity index (χ1) is 6.20. The van der Waals surface area contributed by atoms with Gasteiger partial charge in [0.2, 0.25) is 0 Å². The van der Waals surface area contributed by atoms with Crippen molar-refractivity contribution in [2.24, 2.45) is 0 Å². The van der Waals surface area contributed by atoms with Gasteiger partial charge in [0.15, 0.2) is 6.29 Å². The highest BCUT2D eigenvalue weighted by atomic mass is 16.5. The van der Waals surface area contributed by atoms with Gasteiger partial charge >= 0.3 is 0 Å². The Kier molecular flexibility index (Phi) is 8.33. The fraction of sp³-hybridized carbons (Fsp3) is 1.00. The molecule has 0 rings (SSSR count). The standard InChI is InChI=1S/C9H20O4/c1-3-4-8(7-12-2)13-6-5-9(10)11/h8-11H,3-7H2,1-2H3. The lowest BCUT2D eigenvalue weighted by Gasteiger charge is -2.16. The van der Waals surface area contributed by atoms with Crippen LogP contribution in [0.4, 0.5) is 0 Å². The molecule has 2 N–H and O–H groups in total. The third-order valence-electron chi connectivity index (χ3n) is 1.69. The largest absolute Gasteiger partial charge is 0.382 e. The Hall–Kier alpha value is -0.160. The molecule has 0 saturated carbocycles. The molecule has 0 aliphatic carbocycles. The molecule has 0 aromatic carbocycles. The van der Waals surface area contributed by atoms with Gasteiger partial charge in [-0.15, -0.1) is 0 Å². The molecule has 0 aromatic heterocycles. The summed E-state index contributed by atoms with van der Waals surface area (Å²) in [6, 6.07) is 0. The van der Waals surface area contributed by atoms with Crippen molar-refractivity contribution in [3.63, 3.8) is 0 Å². The first-order valence-corrected chi connectivity index (χ1v) is 4.67. The van der Waals surface area contributed by atoms with Crippen molar-refractivity contribution in [2.45, 2.75) is 38.6 Å². The summed E-state index contributed by atoms with van der Waals surface area (Å²) in [5.74, 6) is 0. The van der Waals surface area contributed by atoms with E-state index in [1.165, 1.54) is 0 Å². The quantitative estimate of drug-likeness (QED) is 0.550. The van der Waals surface area contributed by atoms with Crippen LogP contribution in [0, 0.1) is 0 Å². The molecule has 13 heavy (non-hydrogen) atoms. The van der Waals surface area contributed by atoms with Crippen LogP contribution in [0.25, 0.3) is 0 Å². The molecular formula is C9H20O4. The second-order valence-corrected chi connectivity index (χ2v) is 3.01. The predicted molar refractivity (Wildman–Crippen MR) is 49.4 cm³/mol. The van der Waals surface area contributed by atoms with E-state index in [0.29, 0.717) is 13.2 Å². The lowest BCUT2D eigenvalue weighted by Crippen LogP contribution is -2.21. The van der Waals surface area contributed by atoms with Gasteiger partial charge in [0.1, 0.15) is 0 Å². The summed E-state index contributed by atoms with van der Waals surface area (Å²) in [5.41, 5.74) is 0. The number of hydrogen-bond donors (Lipinski definition) is 2. The van der Waals surface area contributed by atoms with Crippen molar-refractivity contribution in [3.05, 3.63) is 0 Å². The van der Waals surface area contributed by atoms with Crippen molar-refractivity contribution >= 4 is 0 Å². The summed E-state index contributed by atoms with van der Waals surface area (Å²) in [4.78, 5) is 0. The Labute approximate surface area is 79.5 Å². The normalized spacial score (nSPS) is 13.6. The van der Waals surface area contributed by atoms with E-state index in [2.05, 4.69) is 6.92 Å².